The molecule has 0 amide bonds. The highest BCUT2D eigenvalue weighted by Crippen LogP contribution is 2.26. The normalized spacial score (nSPS) is 12.4. The van der Waals surface area contributed by atoms with Crippen molar-refractivity contribution >= 4 is 17.6 Å². The molecule has 0 saturated carbocycles. The summed E-state index contributed by atoms with van der Waals surface area (Å²) in [5, 5.41) is 17.4. The van der Waals surface area contributed by atoms with E-state index in [9.17, 15) is 5.11 Å². The molecule has 0 saturated heterocycles. The van der Waals surface area contributed by atoms with Crippen LogP contribution in [0, 0.1) is 0 Å². The van der Waals surface area contributed by atoms with Crippen molar-refractivity contribution in [2.24, 2.45) is 4.99 Å². The summed E-state index contributed by atoms with van der Waals surface area (Å²) in [4.78, 5) is 8.54. The maximum absolute atomic E-state index is 10.5. The number of ether oxygens (including phenoxy) is 2. The van der Waals surface area contributed by atoms with E-state index in [0.29, 0.717) is 34.7 Å². The summed E-state index contributed by atoms with van der Waals surface area (Å²) < 4.78 is 10.5. The van der Waals surface area contributed by atoms with E-state index < -0.39 is 6.10 Å². The molecule has 7 nitrogen and oxygen atoms in total. The lowest BCUT2D eigenvalue weighted by molar-refractivity contribution is 0.186. The van der Waals surface area contributed by atoms with E-state index >= 15 is 0 Å². The average Bonchev–Trinajstić information content (AvgIpc) is 2.72. The van der Waals surface area contributed by atoms with E-state index in [0.717, 1.165) is 18.5 Å². The number of guanidine groups is 1. The Morgan fingerprint density at radius 1 is 1.18 bits per heavy atom. The fraction of sp³-hybridized carbons (Fsp3) is 0.400. The van der Waals surface area contributed by atoms with Crippen molar-refractivity contribution in [3.8, 4) is 11.5 Å². The van der Waals surface area contributed by atoms with Gasteiger partial charge < -0.3 is 25.2 Å². The number of rotatable bonds is 9. The van der Waals surface area contributed by atoms with Gasteiger partial charge in [0.05, 0.1) is 26.9 Å². The first-order valence-electron chi connectivity index (χ1n) is 9.09. The molecule has 0 aliphatic rings. The molecule has 1 aromatic heterocycles. The van der Waals surface area contributed by atoms with Crippen LogP contribution in [0.1, 0.15) is 24.2 Å². The maximum Gasteiger partial charge on any atom is 0.191 e. The smallest absolute Gasteiger partial charge is 0.191 e. The molecule has 152 valence electrons. The highest BCUT2D eigenvalue weighted by atomic mass is 35.5. The Kier molecular flexibility index (Phi) is 8.84. The van der Waals surface area contributed by atoms with E-state index in [1.807, 2.05) is 13.0 Å². The number of aliphatic hydroxyl groups excluding tert-OH is 1. The zero-order valence-electron chi connectivity index (χ0n) is 16.4. The lowest BCUT2D eigenvalue weighted by Crippen LogP contribution is -2.38. The second-order valence-corrected chi connectivity index (χ2v) is 6.43. The Morgan fingerprint density at radius 3 is 2.46 bits per heavy atom. The molecule has 8 heteroatoms. The molecule has 2 aromatic rings. The van der Waals surface area contributed by atoms with E-state index in [-0.39, 0.29) is 6.54 Å². The van der Waals surface area contributed by atoms with Crippen LogP contribution in [0.3, 0.4) is 0 Å². The Hall–Kier alpha value is -2.51. The number of aliphatic imine (C=N–C) groups is 1. The van der Waals surface area contributed by atoms with Gasteiger partial charge in [-0.25, -0.2) is 4.98 Å². The van der Waals surface area contributed by atoms with Gasteiger partial charge in [-0.1, -0.05) is 17.7 Å². The molecule has 1 atom stereocenters. The lowest BCUT2D eigenvalue weighted by Gasteiger charge is -2.15. The number of hydrogen-bond donors (Lipinski definition) is 3. The summed E-state index contributed by atoms with van der Waals surface area (Å²) in [6, 6.07) is 9.03. The van der Waals surface area contributed by atoms with Crippen LogP contribution < -0.4 is 20.1 Å². The SMILES string of the molecule is CCNC(=NCC(O)c1cc(OC)cc(OC)c1)NCCc1ccc(Cl)nc1. The Bertz CT molecular complexity index is 746. The molecule has 0 radical (unpaired) electrons. The molecule has 1 unspecified atom stereocenters. The zero-order valence-corrected chi connectivity index (χ0v) is 17.2. The number of methoxy groups -OCH3 is 2. The minimum atomic E-state index is -0.778. The van der Waals surface area contributed by atoms with E-state index in [1.54, 1.807) is 44.7 Å². The number of aliphatic hydroxyl groups is 1. The first-order valence-corrected chi connectivity index (χ1v) is 9.47. The van der Waals surface area contributed by atoms with Crippen molar-refractivity contribution in [2.75, 3.05) is 33.9 Å². The minimum absolute atomic E-state index is 0.203. The number of pyridine rings is 1. The van der Waals surface area contributed by atoms with Gasteiger partial charge in [0.2, 0.25) is 0 Å². The first-order chi connectivity index (χ1) is 13.5. The molecule has 1 aromatic carbocycles. The van der Waals surface area contributed by atoms with Gasteiger partial charge >= 0.3 is 0 Å². The fourth-order valence-corrected chi connectivity index (χ4v) is 2.64. The monoisotopic (exact) mass is 406 g/mol. The van der Waals surface area contributed by atoms with Crippen molar-refractivity contribution in [1.29, 1.82) is 0 Å². The zero-order chi connectivity index (χ0) is 20.4. The first kappa shape index (κ1) is 21.8. The average molecular weight is 407 g/mol. The Balaban J connectivity index is 1.96. The van der Waals surface area contributed by atoms with Crippen molar-refractivity contribution in [3.63, 3.8) is 0 Å². The van der Waals surface area contributed by atoms with Crippen LogP contribution in [-0.4, -0.2) is 49.9 Å². The number of benzene rings is 1. The van der Waals surface area contributed by atoms with Crippen molar-refractivity contribution < 1.29 is 14.6 Å². The predicted molar refractivity (Wildman–Crippen MR) is 111 cm³/mol. The van der Waals surface area contributed by atoms with E-state index in [1.165, 1.54) is 0 Å². The van der Waals surface area contributed by atoms with Gasteiger partial charge in [0, 0.05) is 25.4 Å². The molecular formula is C20H27ClN4O3. The minimum Gasteiger partial charge on any atom is -0.497 e. The largest absolute Gasteiger partial charge is 0.497 e. The molecule has 0 bridgehead atoms. The Morgan fingerprint density at radius 2 is 1.89 bits per heavy atom. The fourth-order valence-electron chi connectivity index (χ4n) is 2.53. The topological polar surface area (TPSA) is 88.0 Å². The third-order valence-electron chi connectivity index (χ3n) is 4.02. The van der Waals surface area contributed by atoms with Crippen LogP contribution in [0.5, 0.6) is 11.5 Å². The molecule has 3 N–H and O–H groups in total. The maximum atomic E-state index is 10.5. The second-order valence-electron chi connectivity index (χ2n) is 6.05. The summed E-state index contributed by atoms with van der Waals surface area (Å²) in [5.41, 5.74) is 1.76. The lowest BCUT2D eigenvalue weighted by atomic mass is 10.1. The van der Waals surface area contributed by atoms with E-state index in [2.05, 4.69) is 20.6 Å². The van der Waals surface area contributed by atoms with Crippen LogP contribution in [0.15, 0.2) is 41.5 Å². The highest BCUT2D eigenvalue weighted by Gasteiger charge is 2.11. The quantitative estimate of drug-likeness (QED) is 0.337. The van der Waals surface area contributed by atoms with E-state index in [4.69, 9.17) is 21.1 Å². The van der Waals surface area contributed by atoms with Crippen molar-refractivity contribution in [1.82, 2.24) is 15.6 Å². The number of aromatic nitrogens is 1. The van der Waals surface area contributed by atoms with Crippen LogP contribution in [0.25, 0.3) is 0 Å². The van der Waals surface area contributed by atoms with Gasteiger partial charge in [0.15, 0.2) is 5.96 Å². The van der Waals surface area contributed by atoms with Crippen molar-refractivity contribution in [2.45, 2.75) is 19.4 Å². The summed E-state index contributed by atoms with van der Waals surface area (Å²) >= 11 is 5.80. The second kappa shape index (κ2) is 11.4. The predicted octanol–water partition coefficient (Wildman–Crippen LogP) is 2.58. The number of nitrogens with zero attached hydrogens (tertiary/aromatic N) is 2. The molecule has 0 fully saturated rings. The summed E-state index contributed by atoms with van der Waals surface area (Å²) in [6.07, 6.45) is 1.76. The van der Waals surface area contributed by atoms with Gasteiger partial charge in [-0.2, -0.15) is 0 Å². The third-order valence-corrected chi connectivity index (χ3v) is 4.24. The van der Waals surface area contributed by atoms with Crippen LogP contribution in [0.2, 0.25) is 5.15 Å². The number of halogens is 1. The standard InChI is InChI=1S/C20H27ClN4O3/c1-4-22-20(23-8-7-14-5-6-19(21)24-12-14)25-13-18(26)15-9-16(27-2)11-17(10-15)28-3/h5-6,9-12,18,26H,4,7-8,13H2,1-3H3,(H2,22,23,25). The van der Waals surface area contributed by atoms with Crippen LogP contribution in [0.4, 0.5) is 0 Å². The summed E-state index contributed by atoms with van der Waals surface area (Å²) in [5.74, 6) is 1.89. The molecule has 0 spiro atoms. The summed E-state index contributed by atoms with van der Waals surface area (Å²) in [6.45, 7) is 3.59. The van der Waals surface area contributed by atoms with Gasteiger partial charge in [-0.05, 0) is 42.7 Å². The summed E-state index contributed by atoms with van der Waals surface area (Å²) in [7, 11) is 3.15. The number of nitrogens with one attached hydrogen (secondary N) is 2. The van der Waals surface area contributed by atoms with Gasteiger partial charge in [-0.3, -0.25) is 4.99 Å². The Labute approximate surface area is 170 Å². The van der Waals surface area contributed by atoms with Crippen LogP contribution in [-0.2, 0) is 6.42 Å². The number of hydrogen-bond acceptors (Lipinski definition) is 5. The van der Waals surface area contributed by atoms with Gasteiger partial charge in [0.1, 0.15) is 16.7 Å². The molecular weight excluding hydrogens is 380 g/mol. The van der Waals surface area contributed by atoms with Gasteiger partial charge in [0.25, 0.3) is 0 Å². The highest BCUT2D eigenvalue weighted by molar-refractivity contribution is 6.29. The van der Waals surface area contributed by atoms with Crippen molar-refractivity contribution in [3.05, 3.63) is 52.8 Å². The third kappa shape index (κ3) is 6.90. The molecule has 28 heavy (non-hydrogen) atoms. The van der Waals surface area contributed by atoms with Crippen LogP contribution >= 0.6 is 11.6 Å². The molecule has 2 rings (SSSR count). The molecule has 0 aliphatic carbocycles. The molecule has 1 heterocycles. The van der Waals surface area contributed by atoms with Gasteiger partial charge in [-0.15, -0.1) is 0 Å². The molecule has 0 aliphatic heterocycles.